The van der Waals surface area contributed by atoms with Gasteiger partial charge < -0.3 is 9.64 Å². The molecule has 1 aliphatic rings. The van der Waals surface area contributed by atoms with Gasteiger partial charge in [0.15, 0.2) is 0 Å². The third kappa shape index (κ3) is 4.10. The molecule has 6 nitrogen and oxygen atoms in total. The summed E-state index contributed by atoms with van der Waals surface area (Å²) in [6.07, 6.45) is -10.2. The van der Waals surface area contributed by atoms with Crippen molar-refractivity contribution in [2.24, 2.45) is 0 Å². The van der Waals surface area contributed by atoms with Crippen molar-refractivity contribution in [1.82, 2.24) is 0 Å². The van der Waals surface area contributed by atoms with E-state index in [9.17, 15) is 41.3 Å². The minimum absolute atomic E-state index is 0.0400. The molecule has 0 aliphatic carbocycles. The topological polar surface area (TPSA) is 72.7 Å². The van der Waals surface area contributed by atoms with Gasteiger partial charge in [-0.2, -0.15) is 26.3 Å². The summed E-state index contributed by atoms with van der Waals surface area (Å²) in [6.45, 7) is -0.313. The number of hydrogen-bond acceptors (Lipinski definition) is 4. The first kappa shape index (κ1) is 20.4. The van der Waals surface area contributed by atoms with E-state index in [1.165, 1.54) is 6.07 Å². The van der Waals surface area contributed by atoms with Crippen LogP contribution in [0.4, 0.5) is 37.7 Å². The van der Waals surface area contributed by atoms with E-state index in [1.54, 1.807) is 0 Å². The van der Waals surface area contributed by atoms with E-state index in [4.69, 9.17) is 4.74 Å². The molecule has 0 radical (unpaired) electrons. The van der Waals surface area contributed by atoms with Crippen LogP contribution in [0.3, 0.4) is 0 Å². The molecule has 0 unspecified atom stereocenters. The summed E-state index contributed by atoms with van der Waals surface area (Å²) in [7, 11) is 0. The van der Waals surface area contributed by atoms with Gasteiger partial charge in [-0.3, -0.25) is 14.9 Å². The minimum Gasteiger partial charge on any atom is -0.490 e. The number of carbonyl (C=O) groups is 1. The number of rotatable bonds is 2. The number of hydrogen-bond donors (Lipinski definition) is 0. The highest BCUT2D eigenvalue weighted by atomic mass is 19.4. The summed E-state index contributed by atoms with van der Waals surface area (Å²) in [5, 5.41) is 11.0. The van der Waals surface area contributed by atoms with Crippen LogP contribution >= 0.6 is 0 Å². The number of amides is 1. The maximum Gasteiger partial charge on any atom is 0.416 e. The van der Waals surface area contributed by atoms with E-state index in [-0.39, 0.29) is 30.7 Å². The first-order valence-corrected chi connectivity index (χ1v) is 7.90. The highest BCUT2D eigenvalue weighted by Gasteiger charge is 2.38. The zero-order chi connectivity index (χ0) is 21.6. The monoisotopic (exact) mass is 420 g/mol. The number of halogens is 6. The lowest BCUT2D eigenvalue weighted by atomic mass is 10.0. The van der Waals surface area contributed by atoms with Crippen molar-refractivity contribution in [3.63, 3.8) is 0 Å². The smallest absolute Gasteiger partial charge is 0.416 e. The predicted octanol–water partition coefficient (Wildman–Crippen LogP) is 4.67. The zero-order valence-corrected chi connectivity index (χ0v) is 14.2. The molecule has 1 aliphatic heterocycles. The van der Waals surface area contributed by atoms with Gasteiger partial charge in [0.2, 0.25) is 0 Å². The number of anilines is 1. The Morgan fingerprint density at radius 1 is 1.00 bits per heavy atom. The van der Waals surface area contributed by atoms with Gasteiger partial charge in [-0.15, -0.1) is 0 Å². The van der Waals surface area contributed by atoms with Crippen molar-refractivity contribution >= 4 is 17.3 Å². The molecule has 0 saturated heterocycles. The Morgan fingerprint density at radius 3 is 2.10 bits per heavy atom. The van der Waals surface area contributed by atoms with Gasteiger partial charge in [0.05, 0.1) is 28.3 Å². The first-order valence-electron chi connectivity index (χ1n) is 7.90. The number of benzene rings is 2. The van der Waals surface area contributed by atoms with Gasteiger partial charge in [-0.25, -0.2) is 0 Å². The second-order valence-corrected chi connectivity index (χ2v) is 6.01. The number of non-ortho nitro benzene ring substituents is 1. The molecule has 0 N–H and O–H groups in total. The van der Waals surface area contributed by atoms with Crippen LogP contribution in [0, 0.1) is 10.1 Å². The van der Waals surface area contributed by atoms with E-state index < -0.39 is 45.6 Å². The quantitative estimate of drug-likeness (QED) is 0.402. The molecule has 0 atom stereocenters. The number of fused-ring (bicyclic) bond motifs is 1. The van der Waals surface area contributed by atoms with Crippen molar-refractivity contribution in [2.45, 2.75) is 12.4 Å². The predicted molar refractivity (Wildman–Crippen MR) is 86.7 cm³/mol. The van der Waals surface area contributed by atoms with Crippen LogP contribution in [-0.4, -0.2) is 24.0 Å². The molecule has 0 bridgehead atoms. The largest absolute Gasteiger partial charge is 0.490 e. The Balaban J connectivity index is 2.10. The normalized spacial score (nSPS) is 14.2. The van der Waals surface area contributed by atoms with Crippen LogP contribution in [0.2, 0.25) is 0 Å². The van der Waals surface area contributed by atoms with Crippen molar-refractivity contribution in [3.8, 4) is 5.75 Å². The number of nitro benzene ring substituents is 1. The lowest BCUT2D eigenvalue weighted by molar-refractivity contribution is -0.384. The molecule has 3 rings (SSSR count). The van der Waals surface area contributed by atoms with Crippen LogP contribution in [0.1, 0.15) is 21.5 Å². The Morgan fingerprint density at radius 2 is 1.59 bits per heavy atom. The van der Waals surface area contributed by atoms with E-state index in [0.29, 0.717) is 12.1 Å². The Hall–Kier alpha value is -3.31. The average molecular weight is 420 g/mol. The van der Waals surface area contributed by atoms with Gasteiger partial charge in [0.25, 0.3) is 11.6 Å². The highest BCUT2D eigenvalue weighted by molar-refractivity contribution is 6.07. The van der Waals surface area contributed by atoms with Gasteiger partial charge in [-0.05, 0) is 24.3 Å². The first-order chi connectivity index (χ1) is 13.4. The molecule has 1 heterocycles. The molecular weight excluding hydrogens is 410 g/mol. The van der Waals surface area contributed by atoms with Crippen LogP contribution in [0.5, 0.6) is 5.75 Å². The van der Waals surface area contributed by atoms with E-state index in [0.717, 1.165) is 17.0 Å². The van der Waals surface area contributed by atoms with E-state index >= 15 is 0 Å². The highest BCUT2D eigenvalue weighted by Crippen LogP contribution is 2.39. The van der Waals surface area contributed by atoms with E-state index in [2.05, 4.69) is 0 Å². The van der Waals surface area contributed by atoms with Crippen molar-refractivity contribution in [3.05, 3.63) is 63.2 Å². The average Bonchev–Trinajstić information content (AvgIpc) is 2.64. The molecule has 0 fully saturated rings. The summed E-state index contributed by atoms with van der Waals surface area (Å²) in [6, 6.07) is 3.78. The van der Waals surface area contributed by atoms with Gasteiger partial charge in [-0.1, -0.05) is 0 Å². The van der Waals surface area contributed by atoms with Crippen LogP contribution < -0.4 is 9.64 Å². The van der Waals surface area contributed by atoms with E-state index in [1.807, 2.05) is 0 Å². The standard InChI is InChI=1S/C17H10F6N2O4/c18-16(19,20)10-5-9(6-11(7-10)17(21,22)23)15(26)24-3-4-29-14-2-1-12(25(27)28)8-13(14)24/h1-2,5-8H,3-4H2. The summed E-state index contributed by atoms with van der Waals surface area (Å²) >= 11 is 0. The molecule has 0 saturated carbocycles. The molecule has 0 spiro atoms. The molecule has 0 aromatic heterocycles. The maximum absolute atomic E-state index is 13.0. The number of nitrogens with zero attached hydrogens (tertiary/aromatic N) is 2. The summed E-state index contributed by atoms with van der Waals surface area (Å²) in [5.41, 5.74) is -4.67. The zero-order valence-electron chi connectivity index (χ0n) is 14.2. The maximum atomic E-state index is 13.0. The fraction of sp³-hybridized carbons (Fsp3) is 0.235. The Kier molecular flexibility index (Phi) is 4.89. The Labute approximate surface area is 158 Å². The number of alkyl halides is 6. The van der Waals surface area contributed by atoms with Crippen molar-refractivity contribution in [2.75, 3.05) is 18.1 Å². The van der Waals surface area contributed by atoms with Gasteiger partial charge in [0.1, 0.15) is 12.4 Å². The third-order valence-electron chi connectivity index (χ3n) is 4.10. The second-order valence-electron chi connectivity index (χ2n) is 6.01. The SMILES string of the molecule is O=C(c1cc(C(F)(F)F)cc(C(F)(F)F)c1)N1CCOc2ccc([N+](=O)[O-])cc21. The molecular formula is C17H10F6N2O4. The fourth-order valence-corrected chi connectivity index (χ4v) is 2.76. The lowest BCUT2D eigenvalue weighted by Gasteiger charge is -2.29. The van der Waals surface area contributed by atoms with Gasteiger partial charge in [0, 0.05) is 17.7 Å². The third-order valence-corrected chi connectivity index (χ3v) is 4.10. The number of ether oxygens (including phenoxy) is 1. The van der Waals surface area contributed by atoms with Crippen LogP contribution in [-0.2, 0) is 12.4 Å². The molecule has 12 heteroatoms. The second kappa shape index (κ2) is 6.94. The number of nitro groups is 1. The molecule has 1 amide bonds. The Bertz CT molecular complexity index is 955. The summed E-state index contributed by atoms with van der Waals surface area (Å²) in [5.74, 6) is -1.13. The number of carbonyl (C=O) groups excluding carboxylic acids is 1. The molecule has 2 aromatic carbocycles. The minimum atomic E-state index is -5.11. The summed E-state index contributed by atoms with van der Waals surface area (Å²) in [4.78, 5) is 23.8. The summed E-state index contributed by atoms with van der Waals surface area (Å²) < 4.78 is 83.5. The lowest BCUT2D eigenvalue weighted by Crippen LogP contribution is -2.38. The van der Waals surface area contributed by atoms with Crippen molar-refractivity contribution in [1.29, 1.82) is 0 Å². The van der Waals surface area contributed by atoms with Gasteiger partial charge >= 0.3 is 12.4 Å². The molecule has 2 aromatic rings. The van der Waals surface area contributed by atoms with Crippen LogP contribution in [0.15, 0.2) is 36.4 Å². The molecule has 29 heavy (non-hydrogen) atoms. The molecule has 154 valence electrons. The van der Waals surface area contributed by atoms with Crippen LogP contribution in [0.25, 0.3) is 0 Å². The van der Waals surface area contributed by atoms with Crippen molar-refractivity contribution < 1.29 is 40.8 Å². The fourth-order valence-electron chi connectivity index (χ4n) is 2.76.